The highest BCUT2D eigenvalue weighted by atomic mass is 32.1. The summed E-state index contributed by atoms with van der Waals surface area (Å²) >= 11 is 1.67. The SMILES string of the molecule is CCc1csc(NC(CN)CC(C)C)n1. The van der Waals surface area contributed by atoms with Gasteiger partial charge in [-0.15, -0.1) is 11.3 Å². The van der Waals surface area contributed by atoms with E-state index in [4.69, 9.17) is 5.73 Å². The van der Waals surface area contributed by atoms with Crippen LogP contribution in [0.3, 0.4) is 0 Å². The normalized spacial score (nSPS) is 13.1. The highest BCUT2D eigenvalue weighted by molar-refractivity contribution is 7.13. The molecule has 0 aliphatic rings. The van der Waals surface area contributed by atoms with Crippen molar-refractivity contribution in [1.82, 2.24) is 4.98 Å². The van der Waals surface area contributed by atoms with Crippen LogP contribution in [0.2, 0.25) is 0 Å². The highest BCUT2D eigenvalue weighted by Gasteiger charge is 2.10. The molecule has 1 rings (SSSR count). The Labute approximate surface area is 96.1 Å². The Hall–Kier alpha value is -0.610. The molecule has 1 atom stereocenters. The van der Waals surface area contributed by atoms with Crippen molar-refractivity contribution in [2.24, 2.45) is 11.7 Å². The van der Waals surface area contributed by atoms with Gasteiger partial charge in [0.15, 0.2) is 5.13 Å². The Bertz CT molecular complexity index is 283. The topological polar surface area (TPSA) is 50.9 Å². The van der Waals surface area contributed by atoms with Crippen LogP contribution in [0.15, 0.2) is 5.38 Å². The molecule has 1 unspecified atom stereocenters. The smallest absolute Gasteiger partial charge is 0.183 e. The third kappa shape index (κ3) is 4.18. The molecule has 4 heteroatoms. The van der Waals surface area contributed by atoms with Crippen LogP contribution in [0.5, 0.6) is 0 Å². The Balaban J connectivity index is 2.50. The van der Waals surface area contributed by atoms with Crippen LogP contribution >= 0.6 is 11.3 Å². The summed E-state index contributed by atoms with van der Waals surface area (Å²) in [7, 11) is 0. The van der Waals surface area contributed by atoms with E-state index < -0.39 is 0 Å². The number of nitrogens with two attached hydrogens (primary N) is 1. The molecule has 0 radical (unpaired) electrons. The van der Waals surface area contributed by atoms with Gasteiger partial charge in [0.05, 0.1) is 5.69 Å². The molecule has 0 saturated carbocycles. The zero-order valence-corrected chi connectivity index (χ0v) is 10.6. The largest absolute Gasteiger partial charge is 0.358 e. The van der Waals surface area contributed by atoms with Gasteiger partial charge in [-0.1, -0.05) is 20.8 Å². The predicted molar refractivity (Wildman–Crippen MR) is 67.4 cm³/mol. The Morgan fingerprint density at radius 3 is 2.73 bits per heavy atom. The van der Waals surface area contributed by atoms with Crippen LogP contribution in [0.4, 0.5) is 5.13 Å². The minimum absolute atomic E-state index is 0.348. The molecular formula is C11H21N3S. The molecule has 0 amide bonds. The molecule has 1 aromatic heterocycles. The Kier molecular flexibility index (Phi) is 5.05. The molecule has 0 aliphatic heterocycles. The second-order valence-corrected chi connectivity index (χ2v) is 5.06. The van der Waals surface area contributed by atoms with Crippen molar-refractivity contribution in [3.63, 3.8) is 0 Å². The van der Waals surface area contributed by atoms with Crippen LogP contribution in [-0.4, -0.2) is 17.6 Å². The average molecular weight is 227 g/mol. The summed E-state index contributed by atoms with van der Waals surface area (Å²) in [4.78, 5) is 4.48. The maximum absolute atomic E-state index is 5.72. The summed E-state index contributed by atoms with van der Waals surface area (Å²) in [6.07, 6.45) is 2.09. The van der Waals surface area contributed by atoms with Crippen LogP contribution in [0.1, 0.15) is 32.9 Å². The number of nitrogens with one attached hydrogen (secondary N) is 1. The van der Waals surface area contributed by atoms with Gasteiger partial charge >= 0.3 is 0 Å². The number of aromatic nitrogens is 1. The van der Waals surface area contributed by atoms with Gasteiger partial charge in [-0.2, -0.15) is 0 Å². The number of hydrogen-bond acceptors (Lipinski definition) is 4. The standard InChI is InChI=1S/C11H21N3S/c1-4-9-7-15-11(13-9)14-10(6-12)5-8(2)3/h7-8,10H,4-6,12H2,1-3H3,(H,13,14). The highest BCUT2D eigenvalue weighted by Crippen LogP contribution is 2.18. The maximum Gasteiger partial charge on any atom is 0.183 e. The van der Waals surface area contributed by atoms with Crippen molar-refractivity contribution in [2.75, 3.05) is 11.9 Å². The first-order chi connectivity index (χ1) is 7.15. The number of anilines is 1. The van der Waals surface area contributed by atoms with Crippen molar-refractivity contribution in [3.8, 4) is 0 Å². The van der Waals surface area contributed by atoms with Crippen molar-refractivity contribution in [3.05, 3.63) is 11.1 Å². The van der Waals surface area contributed by atoms with E-state index in [0.29, 0.717) is 18.5 Å². The van der Waals surface area contributed by atoms with Gasteiger partial charge in [-0.3, -0.25) is 0 Å². The van der Waals surface area contributed by atoms with Gasteiger partial charge in [0.1, 0.15) is 0 Å². The zero-order valence-electron chi connectivity index (χ0n) is 9.79. The first-order valence-electron chi connectivity index (χ1n) is 5.56. The molecule has 15 heavy (non-hydrogen) atoms. The lowest BCUT2D eigenvalue weighted by Crippen LogP contribution is -2.30. The molecule has 86 valence electrons. The summed E-state index contributed by atoms with van der Waals surface area (Å²) in [5.74, 6) is 0.664. The van der Waals surface area contributed by atoms with E-state index >= 15 is 0 Å². The third-order valence-corrected chi connectivity index (χ3v) is 3.10. The molecule has 1 heterocycles. The fourth-order valence-corrected chi connectivity index (χ4v) is 2.37. The Morgan fingerprint density at radius 2 is 2.27 bits per heavy atom. The van der Waals surface area contributed by atoms with Gasteiger partial charge in [0.2, 0.25) is 0 Å². The number of thiazole rings is 1. The van der Waals surface area contributed by atoms with Gasteiger partial charge in [0, 0.05) is 18.0 Å². The van der Waals surface area contributed by atoms with E-state index in [1.807, 2.05) is 0 Å². The molecule has 1 aromatic rings. The first-order valence-corrected chi connectivity index (χ1v) is 6.44. The van der Waals surface area contributed by atoms with Gasteiger partial charge in [-0.05, 0) is 18.8 Å². The van der Waals surface area contributed by atoms with Gasteiger partial charge in [0.25, 0.3) is 0 Å². The fraction of sp³-hybridized carbons (Fsp3) is 0.727. The van der Waals surface area contributed by atoms with Gasteiger partial charge < -0.3 is 11.1 Å². The lowest BCUT2D eigenvalue weighted by atomic mass is 10.0. The molecule has 0 saturated heterocycles. The zero-order chi connectivity index (χ0) is 11.3. The number of nitrogens with zero attached hydrogens (tertiary/aromatic N) is 1. The summed E-state index contributed by atoms with van der Waals surface area (Å²) in [5, 5.41) is 6.50. The first kappa shape index (κ1) is 12.5. The summed E-state index contributed by atoms with van der Waals surface area (Å²) in [5.41, 5.74) is 6.88. The predicted octanol–water partition coefficient (Wildman–Crippen LogP) is 2.49. The summed E-state index contributed by atoms with van der Waals surface area (Å²) in [6.45, 7) is 7.21. The molecule has 3 nitrogen and oxygen atoms in total. The molecule has 0 bridgehead atoms. The van der Waals surface area contributed by atoms with Crippen molar-refractivity contribution >= 4 is 16.5 Å². The van der Waals surface area contributed by atoms with Gasteiger partial charge in [-0.25, -0.2) is 4.98 Å². The van der Waals surface area contributed by atoms with E-state index in [0.717, 1.165) is 23.7 Å². The van der Waals surface area contributed by atoms with E-state index in [9.17, 15) is 0 Å². The quantitative estimate of drug-likeness (QED) is 0.785. The minimum atomic E-state index is 0.348. The Morgan fingerprint density at radius 1 is 1.53 bits per heavy atom. The van der Waals surface area contributed by atoms with Crippen molar-refractivity contribution in [1.29, 1.82) is 0 Å². The number of aryl methyl sites for hydroxylation is 1. The van der Waals surface area contributed by atoms with Crippen molar-refractivity contribution in [2.45, 2.75) is 39.7 Å². The lowest BCUT2D eigenvalue weighted by Gasteiger charge is -2.17. The number of hydrogen-bond donors (Lipinski definition) is 2. The maximum atomic E-state index is 5.72. The fourth-order valence-electron chi connectivity index (χ4n) is 1.49. The summed E-state index contributed by atoms with van der Waals surface area (Å²) < 4.78 is 0. The second kappa shape index (κ2) is 6.08. The molecule has 3 N–H and O–H groups in total. The number of rotatable bonds is 6. The molecule has 0 spiro atoms. The monoisotopic (exact) mass is 227 g/mol. The molecule has 0 fully saturated rings. The molecule has 0 aromatic carbocycles. The summed E-state index contributed by atoms with van der Waals surface area (Å²) in [6, 6.07) is 0.348. The average Bonchev–Trinajstić information content (AvgIpc) is 2.64. The van der Waals surface area contributed by atoms with Crippen LogP contribution in [-0.2, 0) is 6.42 Å². The molecule has 0 aliphatic carbocycles. The van der Waals surface area contributed by atoms with E-state index in [1.54, 1.807) is 11.3 Å². The minimum Gasteiger partial charge on any atom is -0.358 e. The third-order valence-electron chi connectivity index (χ3n) is 2.28. The second-order valence-electron chi connectivity index (χ2n) is 4.20. The van der Waals surface area contributed by atoms with Crippen LogP contribution in [0, 0.1) is 5.92 Å². The van der Waals surface area contributed by atoms with E-state index in [2.05, 4.69) is 36.5 Å². The van der Waals surface area contributed by atoms with E-state index in [-0.39, 0.29) is 0 Å². The van der Waals surface area contributed by atoms with Crippen LogP contribution < -0.4 is 11.1 Å². The lowest BCUT2D eigenvalue weighted by molar-refractivity contribution is 0.521. The van der Waals surface area contributed by atoms with Crippen molar-refractivity contribution < 1.29 is 0 Å². The molecular weight excluding hydrogens is 206 g/mol. The van der Waals surface area contributed by atoms with Crippen LogP contribution in [0.25, 0.3) is 0 Å². The van der Waals surface area contributed by atoms with E-state index in [1.165, 1.54) is 0 Å².